The number of fused-ring (bicyclic) bond motifs is 10. The molecule has 43 heavy (non-hydrogen) atoms. The Bertz CT molecular complexity index is 1890. The van der Waals surface area contributed by atoms with Crippen molar-refractivity contribution in [2.24, 2.45) is 0 Å². The van der Waals surface area contributed by atoms with E-state index in [1.165, 1.54) is 23.4 Å². The Labute approximate surface area is 248 Å². The maximum Gasteiger partial charge on any atom is 0.411 e. The first kappa shape index (κ1) is 28.4. The fraction of sp³-hybridized carbons (Fsp3) is 0.290. The highest BCUT2D eigenvalue weighted by Gasteiger charge is 2.38. The van der Waals surface area contributed by atoms with Crippen molar-refractivity contribution in [3.8, 4) is 0 Å². The molecule has 3 aliphatic rings. The van der Waals surface area contributed by atoms with Gasteiger partial charge in [0.15, 0.2) is 9.84 Å². The van der Waals surface area contributed by atoms with Crippen molar-refractivity contribution in [1.29, 1.82) is 0 Å². The summed E-state index contributed by atoms with van der Waals surface area (Å²) in [5.74, 6) is -0.445. The molecule has 0 radical (unpaired) electrons. The van der Waals surface area contributed by atoms with Gasteiger partial charge in [0.25, 0.3) is 5.56 Å². The predicted molar refractivity (Wildman–Crippen MR) is 162 cm³/mol. The smallest absolute Gasteiger partial charge is 0.411 e. The number of anilines is 2. The maximum atomic E-state index is 14.1. The van der Waals surface area contributed by atoms with Gasteiger partial charge in [-0.2, -0.15) is 0 Å². The Kier molecular flexibility index (Phi) is 7.38. The van der Waals surface area contributed by atoms with Crippen molar-refractivity contribution in [3.05, 3.63) is 94.0 Å². The third kappa shape index (κ3) is 5.82. The Morgan fingerprint density at radius 2 is 1.72 bits per heavy atom. The van der Waals surface area contributed by atoms with Crippen LogP contribution in [0.1, 0.15) is 48.4 Å². The summed E-state index contributed by atoms with van der Waals surface area (Å²) in [7, 11) is -2.00. The number of amides is 2. The number of aromatic amines is 1. The van der Waals surface area contributed by atoms with E-state index >= 15 is 0 Å². The number of likely N-dealkylation sites (N-methyl/N-ethyl adjacent to an activating group) is 1. The summed E-state index contributed by atoms with van der Waals surface area (Å²) in [5.41, 5.74) is 3.10. The summed E-state index contributed by atoms with van der Waals surface area (Å²) >= 11 is 0. The molecule has 3 heterocycles. The van der Waals surface area contributed by atoms with E-state index in [2.05, 4.69) is 20.6 Å². The van der Waals surface area contributed by atoms with Crippen molar-refractivity contribution >= 4 is 44.1 Å². The molecule has 3 N–H and O–H groups in total. The Morgan fingerprint density at radius 3 is 2.47 bits per heavy atom. The standard InChI is InChI=1S/C31H31N5O6S/c1-18-16-42-31(39)35-22-8-12-27(43(40,41)24-9-10-24)21(13-22)15-36(2)30(38)28(20-5-3-19(18)4-6-20)34-23-7-11-26-25(14-23)29(37)33-17-32-26/h3-8,11-14,17-18,24,28,34H,9-10,15-16H2,1-2H3,(H,35,39)(H,32,33,37)/t18-,28+/m0/s1. The zero-order chi connectivity index (χ0) is 30.3. The van der Waals surface area contributed by atoms with Crippen LogP contribution < -0.4 is 16.2 Å². The molecule has 2 atom stereocenters. The summed E-state index contributed by atoms with van der Waals surface area (Å²) in [6.45, 7) is 2.02. The van der Waals surface area contributed by atoms with Crippen LogP contribution in [0.2, 0.25) is 0 Å². The number of sulfone groups is 1. The van der Waals surface area contributed by atoms with Crippen molar-refractivity contribution in [2.45, 2.75) is 48.4 Å². The van der Waals surface area contributed by atoms with Crippen LogP contribution in [-0.2, 0) is 25.9 Å². The number of hydrogen-bond acceptors (Lipinski definition) is 8. The number of carbonyl (C=O) groups is 2. The molecule has 1 aliphatic carbocycles. The second kappa shape index (κ2) is 11.2. The molecule has 7 rings (SSSR count). The lowest BCUT2D eigenvalue weighted by Crippen LogP contribution is -2.35. The van der Waals surface area contributed by atoms with Crippen LogP contribution in [0.4, 0.5) is 16.2 Å². The third-order valence-electron chi connectivity index (χ3n) is 7.86. The first-order chi connectivity index (χ1) is 20.6. The lowest BCUT2D eigenvalue weighted by Gasteiger charge is -2.27. The summed E-state index contributed by atoms with van der Waals surface area (Å²) in [4.78, 5) is 47.5. The van der Waals surface area contributed by atoms with Gasteiger partial charge in [0.1, 0.15) is 6.04 Å². The average molecular weight is 602 g/mol. The first-order valence-corrected chi connectivity index (χ1v) is 15.5. The first-order valence-electron chi connectivity index (χ1n) is 14.0. The second-order valence-corrected chi connectivity index (χ2v) is 13.3. The van der Waals surface area contributed by atoms with Gasteiger partial charge in [-0.15, -0.1) is 0 Å². The van der Waals surface area contributed by atoms with Crippen LogP contribution in [0.15, 0.2) is 76.7 Å². The number of nitrogens with zero attached hydrogens (tertiary/aromatic N) is 2. The monoisotopic (exact) mass is 601 g/mol. The van der Waals surface area contributed by atoms with Crippen LogP contribution in [0.25, 0.3) is 10.9 Å². The molecule has 1 aromatic heterocycles. The molecule has 1 fully saturated rings. The molecule has 0 unspecified atom stereocenters. The van der Waals surface area contributed by atoms with Crippen LogP contribution >= 0.6 is 0 Å². The van der Waals surface area contributed by atoms with Gasteiger partial charge in [-0.1, -0.05) is 31.2 Å². The average Bonchev–Trinajstić information content (AvgIpc) is 3.85. The lowest BCUT2D eigenvalue weighted by atomic mass is 9.97. The molecule has 3 aromatic carbocycles. The zero-order valence-electron chi connectivity index (χ0n) is 23.7. The number of benzene rings is 3. The summed E-state index contributed by atoms with van der Waals surface area (Å²) in [6, 6.07) is 16.3. The minimum absolute atomic E-state index is 0.0285. The number of carbonyl (C=O) groups excluding carboxylic acids is 2. The van der Waals surface area contributed by atoms with E-state index in [1.54, 1.807) is 31.3 Å². The third-order valence-corrected chi connectivity index (χ3v) is 10.2. The van der Waals surface area contributed by atoms with Gasteiger partial charge in [-0.25, -0.2) is 18.2 Å². The fourth-order valence-corrected chi connectivity index (χ4v) is 7.11. The molecule has 11 nitrogen and oxygen atoms in total. The minimum Gasteiger partial charge on any atom is -0.449 e. The maximum absolute atomic E-state index is 14.1. The van der Waals surface area contributed by atoms with Crippen LogP contribution in [0.3, 0.4) is 0 Å². The summed E-state index contributed by atoms with van der Waals surface area (Å²) in [6.07, 6.45) is 1.86. The Morgan fingerprint density at radius 1 is 0.977 bits per heavy atom. The van der Waals surface area contributed by atoms with E-state index < -0.39 is 27.2 Å². The van der Waals surface area contributed by atoms with Crippen molar-refractivity contribution in [1.82, 2.24) is 14.9 Å². The Hall–Kier alpha value is -4.71. The van der Waals surface area contributed by atoms with Crippen molar-refractivity contribution < 1.29 is 22.7 Å². The summed E-state index contributed by atoms with van der Waals surface area (Å²) < 4.78 is 32.1. The van der Waals surface area contributed by atoms with Gasteiger partial charge in [-0.3, -0.25) is 14.9 Å². The van der Waals surface area contributed by atoms with Gasteiger partial charge < -0.3 is 19.9 Å². The lowest BCUT2D eigenvalue weighted by molar-refractivity contribution is -0.131. The van der Waals surface area contributed by atoms with Crippen LogP contribution in [-0.4, -0.2) is 54.2 Å². The van der Waals surface area contributed by atoms with Crippen molar-refractivity contribution in [2.75, 3.05) is 24.3 Å². The van der Waals surface area contributed by atoms with E-state index in [9.17, 15) is 22.8 Å². The number of ether oxygens (including phenoxy) is 1. The molecular weight excluding hydrogens is 570 g/mol. The molecule has 0 spiro atoms. The van der Waals surface area contributed by atoms with Gasteiger partial charge in [0.05, 0.1) is 34.0 Å². The fourth-order valence-electron chi connectivity index (χ4n) is 5.25. The van der Waals surface area contributed by atoms with Crippen LogP contribution in [0, 0.1) is 0 Å². The molecule has 0 saturated heterocycles. The van der Waals surface area contributed by atoms with E-state index in [0.29, 0.717) is 46.2 Å². The summed E-state index contributed by atoms with van der Waals surface area (Å²) in [5, 5.41) is 5.89. The number of H-pyrrole nitrogens is 1. The van der Waals surface area contributed by atoms with E-state index in [4.69, 9.17) is 4.74 Å². The van der Waals surface area contributed by atoms with E-state index in [1.807, 2.05) is 31.2 Å². The highest BCUT2D eigenvalue weighted by Crippen LogP contribution is 2.36. The SMILES string of the molecule is C[C@H]1COC(=O)Nc2ccc(S(=O)(=O)C3CC3)c(c2)CN(C)C(=O)[C@H](Nc2ccc3nc[nH]c(=O)c3c2)c2ccc1cc2. The van der Waals surface area contributed by atoms with E-state index in [0.717, 1.165) is 5.56 Å². The number of hydrogen-bond donors (Lipinski definition) is 3. The number of aromatic nitrogens is 2. The van der Waals surface area contributed by atoms with Gasteiger partial charge >= 0.3 is 6.09 Å². The molecule has 1 saturated carbocycles. The van der Waals surface area contributed by atoms with Gasteiger partial charge in [0.2, 0.25) is 5.91 Å². The molecule has 4 aromatic rings. The van der Waals surface area contributed by atoms with E-state index in [-0.39, 0.29) is 35.4 Å². The molecular formula is C31H31N5O6S. The molecule has 4 bridgehead atoms. The van der Waals surface area contributed by atoms with Crippen molar-refractivity contribution in [3.63, 3.8) is 0 Å². The number of nitrogens with one attached hydrogen (secondary N) is 3. The quantitative estimate of drug-likeness (QED) is 0.313. The van der Waals surface area contributed by atoms with Gasteiger partial charge in [0, 0.05) is 30.9 Å². The molecule has 222 valence electrons. The molecule has 2 aliphatic heterocycles. The predicted octanol–water partition coefficient (Wildman–Crippen LogP) is 4.34. The normalized spacial score (nSPS) is 19.6. The highest BCUT2D eigenvalue weighted by atomic mass is 32.2. The molecule has 2 amide bonds. The highest BCUT2D eigenvalue weighted by molar-refractivity contribution is 7.92. The van der Waals surface area contributed by atoms with Crippen LogP contribution in [0.5, 0.6) is 0 Å². The van der Waals surface area contributed by atoms with Gasteiger partial charge in [-0.05, 0) is 65.9 Å². The number of rotatable bonds is 4. The zero-order valence-corrected chi connectivity index (χ0v) is 24.5. The minimum atomic E-state index is -3.60. The largest absolute Gasteiger partial charge is 0.449 e. The molecule has 12 heteroatoms. The Balaban J connectivity index is 1.41. The topological polar surface area (TPSA) is 151 Å². The second-order valence-electron chi connectivity index (χ2n) is 11.1.